The van der Waals surface area contributed by atoms with Crippen LogP contribution in [0.25, 0.3) is 0 Å². The molecule has 0 unspecified atom stereocenters. The van der Waals surface area contributed by atoms with Gasteiger partial charge in [0.2, 0.25) is 0 Å². The van der Waals surface area contributed by atoms with Crippen LogP contribution >= 0.6 is 0 Å². The van der Waals surface area contributed by atoms with Crippen LogP contribution in [0.15, 0.2) is 0 Å². The molecule has 0 rings (SSSR count). The molecule has 0 saturated carbocycles. The molecule has 0 aromatic heterocycles. The minimum absolute atomic E-state index is 0.691. The molecular formula is C5H7O+. The maximum Gasteiger partial charge on any atom is 0.107 e. The highest BCUT2D eigenvalue weighted by Gasteiger charge is 1.72. The first-order chi connectivity index (χ1) is 2.91. The van der Waals surface area contributed by atoms with E-state index in [1.54, 1.807) is 6.11 Å². The van der Waals surface area contributed by atoms with Crippen molar-refractivity contribution >= 4 is 0 Å². The van der Waals surface area contributed by atoms with E-state index in [9.17, 15) is 0 Å². The van der Waals surface area contributed by atoms with Crippen LogP contribution in [0.5, 0.6) is 0 Å². The average molecular weight is 83.1 g/mol. The van der Waals surface area contributed by atoms with Gasteiger partial charge in [-0.1, -0.05) is 5.92 Å². The molecule has 0 radical (unpaired) electrons. The SMILES string of the molecule is [CH2+]CCC#CO. The van der Waals surface area contributed by atoms with Crippen molar-refractivity contribution in [3.63, 3.8) is 0 Å². The van der Waals surface area contributed by atoms with Crippen LogP contribution in [0.3, 0.4) is 0 Å². The molecule has 1 N–H and O–H groups in total. The van der Waals surface area contributed by atoms with E-state index in [4.69, 9.17) is 5.11 Å². The Balaban J connectivity index is 2.79. The van der Waals surface area contributed by atoms with E-state index >= 15 is 0 Å². The van der Waals surface area contributed by atoms with Crippen molar-refractivity contribution in [1.82, 2.24) is 0 Å². The first-order valence-corrected chi connectivity index (χ1v) is 1.83. The van der Waals surface area contributed by atoms with Crippen molar-refractivity contribution in [3.8, 4) is 12.0 Å². The number of aliphatic hydroxyl groups excluding tert-OH is 1. The second-order valence-corrected chi connectivity index (χ2v) is 0.892. The highest BCUT2D eigenvalue weighted by atomic mass is 16.2. The van der Waals surface area contributed by atoms with Crippen molar-refractivity contribution in [1.29, 1.82) is 0 Å². The molecule has 0 amide bonds. The summed E-state index contributed by atoms with van der Waals surface area (Å²) < 4.78 is 0. The number of hydrogen-bond donors (Lipinski definition) is 1. The van der Waals surface area contributed by atoms with Crippen LogP contribution in [-0.4, -0.2) is 5.11 Å². The summed E-state index contributed by atoms with van der Waals surface area (Å²) in [6.07, 6.45) is 3.24. The fourth-order valence-corrected chi connectivity index (χ4v) is 0.144. The van der Waals surface area contributed by atoms with Crippen LogP contribution in [0.1, 0.15) is 12.8 Å². The molecule has 0 heterocycles. The maximum atomic E-state index is 7.81. The number of unbranched alkanes of at least 4 members (excludes halogenated alkanes) is 1. The molecule has 0 aromatic rings. The van der Waals surface area contributed by atoms with E-state index in [2.05, 4.69) is 12.8 Å². The van der Waals surface area contributed by atoms with Gasteiger partial charge in [0.05, 0.1) is 19.8 Å². The lowest BCUT2D eigenvalue weighted by Gasteiger charge is -1.64. The first-order valence-electron chi connectivity index (χ1n) is 1.83. The predicted octanol–water partition coefficient (Wildman–Crippen LogP) is 0.934. The van der Waals surface area contributed by atoms with Crippen molar-refractivity contribution in [3.05, 3.63) is 6.92 Å². The summed E-state index contributed by atoms with van der Waals surface area (Å²) in [6.45, 7) is 3.51. The van der Waals surface area contributed by atoms with E-state index in [0.29, 0.717) is 6.42 Å². The largest absolute Gasteiger partial charge is 0.462 e. The first kappa shape index (κ1) is 5.23. The number of hydrogen-bond acceptors (Lipinski definition) is 1. The van der Waals surface area contributed by atoms with Gasteiger partial charge in [-0.15, -0.1) is 0 Å². The van der Waals surface area contributed by atoms with Crippen LogP contribution in [-0.2, 0) is 0 Å². The minimum Gasteiger partial charge on any atom is -0.462 e. The van der Waals surface area contributed by atoms with Gasteiger partial charge in [-0.2, -0.15) is 0 Å². The molecule has 0 aromatic carbocycles. The summed E-state index contributed by atoms with van der Waals surface area (Å²) in [5, 5.41) is 7.81. The third-order valence-electron chi connectivity index (χ3n) is 0.381. The van der Waals surface area contributed by atoms with Gasteiger partial charge in [0.15, 0.2) is 0 Å². The highest BCUT2D eigenvalue weighted by Crippen LogP contribution is 1.77. The minimum atomic E-state index is 0.691. The van der Waals surface area contributed by atoms with Gasteiger partial charge < -0.3 is 5.11 Å². The van der Waals surface area contributed by atoms with E-state index in [0.717, 1.165) is 6.42 Å². The van der Waals surface area contributed by atoms with Crippen molar-refractivity contribution in [2.75, 3.05) is 0 Å². The number of rotatable bonds is 1. The smallest absolute Gasteiger partial charge is 0.107 e. The molecule has 1 nitrogen and oxygen atoms in total. The summed E-state index contributed by atoms with van der Waals surface area (Å²) in [7, 11) is 0. The lowest BCUT2D eigenvalue weighted by Crippen LogP contribution is -1.59. The van der Waals surface area contributed by atoms with Crippen molar-refractivity contribution < 1.29 is 5.11 Å². The molecule has 1 heteroatoms. The predicted molar refractivity (Wildman–Crippen MR) is 24.3 cm³/mol. The van der Waals surface area contributed by atoms with Gasteiger partial charge in [-0.05, 0) is 0 Å². The third-order valence-corrected chi connectivity index (χ3v) is 0.381. The quantitative estimate of drug-likeness (QED) is 0.369. The maximum absolute atomic E-state index is 7.81. The molecule has 0 aliphatic carbocycles. The summed E-state index contributed by atoms with van der Waals surface area (Å²) >= 11 is 0. The van der Waals surface area contributed by atoms with E-state index in [-0.39, 0.29) is 0 Å². The molecule has 0 saturated heterocycles. The Morgan fingerprint density at radius 1 is 1.67 bits per heavy atom. The van der Waals surface area contributed by atoms with Gasteiger partial charge in [0, 0.05) is 0 Å². The summed E-state index contributed by atoms with van der Waals surface area (Å²) in [5.74, 6) is 2.44. The molecule has 0 spiro atoms. The van der Waals surface area contributed by atoms with Gasteiger partial charge in [0.25, 0.3) is 0 Å². The Labute approximate surface area is 38.0 Å². The van der Waals surface area contributed by atoms with Crippen LogP contribution < -0.4 is 0 Å². The van der Waals surface area contributed by atoms with Crippen molar-refractivity contribution in [2.45, 2.75) is 12.8 Å². The number of aliphatic hydroxyl groups is 1. The topological polar surface area (TPSA) is 20.2 Å². The zero-order valence-electron chi connectivity index (χ0n) is 3.57. The summed E-state index contributed by atoms with van der Waals surface area (Å²) in [5.41, 5.74) is 0. The van der Waals surface area contributed by atoms with Crippen LogP contribution in [0.2, 0.25) is 0 Å². The highest BCUT2D eigenvalue weighted by molar-refractivity contribution is 4.89. The van der Waals surface area contributed by atoms with Gasteiger partial charge in [-0.3, -0.25) is 0 Å². The molecule has 0 aliphatic rings. The Kier molecular flexibility index (Phi) is 3.69. The average Bonchev–Trinajstić information content (AvgIpc) is 1.61. The Bertz CT molecular complexity index is 65.7. The standard InChI is InChI=1S/C5H6O/c1-2-3-4-5-6/h1-3H2/p+1. The monoisotopic (exact) mass is 83.0 g/mol. The van der Waals surface area contributed by atoms with E-state index in [1.807, 2.05) is 0 Å². The Morgan fingerprint density at radius 3 is 2.50 bits per heavy atom. The molecular weight excluding hydrogens is 76.1 g/mol. The Morgan fingerprint density at radius 2 is 2.33 bits per heavy atom. The van der Waals surface area contributed by atoms with Crippen LogP contribution in [0.4, 0.5) is 0 Å². The van der Waals surface area contributed by atoms with Crippen LogP contribution in [0, 0.1) is 19.0 Å². The van der Waals surface area contributed by atoms with Gasteiger partial charge >= 0.3 is 0 Å². The van der Waals surface area contributed by atoms with Gasteiger partial charge in [-0.25, -0.2) is 0 Å². The molecule has 0 fully saturated rings. The zero-order valence-corrected chi connectivity index (χ0v) is 3.57. The molecule has 32 valence electrons. The third kappa shape index (κ3) is 3.23. The second kappa shape index (κ2) is 4.23. The fraction of sp³-hybridized carbons (Fsp3) is 0.400. The summed E-state index contributed by atoms with van der Waals surface area (Å²) in [6, 6.07) is 0. The zero-order chi connectivity index (χ0) is 4.83. The summed E-state index contributed by atoms with van der Waals surface area (Å²) in [4.78, 5) is 0. The second-order valence-electron chi connectivity index (χ2n) is 0.892. The van der Waals surface area contributed by atoms with Gasteiger partial charge in [0.1, 0.15) is 6.11 Å². The molecule has 6 heavy (non-hydrogen) atoms. The fourth-order valence-electron chi connectivity index (χ4n) is 0.144. The molecule has 0 bridgehead atoms. The van der Waals surface area contributed by atoms with Crippen molar-refractivity contribution in [2.24, 2.45) is 0 Å². The lowest BCUT2D eigenvalue weighted by atomic mass is 10.4. The van der Waals surface area contributed by atoms with E-state index in [1.165, 1.54) is 0 Å². The molecule has 0 aliphatic heterocycles. The molecule has 0 atom stereocenters. The lowest BCUT2D eigenvalue weighted by molar-refractivity contribution is 0.516. The van der Waals surface area contributed by atoms with E-state index < -0.39 is 0 Å². The Hall–Kier alpha value is -0.770. The normalized spacial score (nSPS) is 6.00.